The van der Waals surface area contributed by atoms with Crippen molar-refractivity contribution in [2.75, 3.05) is 23.3 Å². The first kappa shape index (κ1) is 21.0. The Kier molecular flexibility index (Phi) is 5.17. The van der Waals surface area contributed by atoms with Crippen LogP contribution in [-0.2, 0) is 0 Å². The Morgan fingerprint density at radius 2 is 1.82 bits per heavy atom. The van der Waals surface area contributed by atoms with Crippen molar-refractivity contribution >= 4 is 17.4 Å². The Morgan fingerprint density at radius 1 is 0.971 bits per heavy atom. The van der Waals surface area contributed by atoms with E-state index in [9.17, 15) is 0 Å². The summed E-state index contributed by atoms with van der Waals surface area (Å²) in [6.45, 7) is 8.77. The number of pyridine rings is 1. The van der Waals surface area contributed by atoms with E-state index in [1.54, 1.807) is 6.33 Å². The molecule has 2 aliphatic heterocycles. The van der Waals surface area contributed by atoms with Gasteiger partial charge in [-0.05, 0) is 44.9 Å². The first-order valence-electron chi connectivity index (χ1n) is 12.1. The number of hydrogen-bond donors (Lipinski definition) is 1. The average molecular weight is 455 g/mol. The van der Waals surface area contributed by atoms with E-state index in [2.05, 4.69) is 81.3 Å². The molecule has 0 saturated carbocycles. The summed E-state index contributed by atoms with van der Waals surface area (Å²) in [5, 5.41) is 8.01. The van der Waals surface area contributed by atoms with Gasteiger partial charge in [0.15, 0.2) is 5.65 Å². The van der Waals surface area contributed by atoms with E-state index in [-0.39, 0.29) is 6.04 Å². The van der Waals surface area contributed by atoms with Crippen LogP contribution in [0.15, 0.2) is 61.1 Å². The molecule has 0 amide bonds. The van der Waals surface area contributed by atoms with Crippen molar-refractivity contribution < 1.29 is 0 Å². The SMILES string of the molecule is CC(C)N1C[C@@H]2C[C@H]1CN2c1nc(-c2ccnc(N[C@@H](C)c3ccccc3)c2)cc2ncnn12. The number of piperazine rings is 1. The minimum Gasteiger partial charge on any atom is -0.364 e. The van der Waals surface area contributed by atoms with Crippen molar-refractivity contribution in [3.8, 4) is 11.3 Å². The Hall–Kier alpha value is -3.52. The standard InChI is InChI=1S/C26H30N8/c1-17(2)32-14-22-12-21(32)15-33(22)26-31-23(13-25-28-16-29-34(25)26)20-9-10-27-24(11-20)30-18(3)19-7-5-4-6-8-19/h4-11,13,16-18,21-22H,12,14-15H2,1-3H3,(H,27,30)/t18-,21-,22-/m0/s1. The van der Waals surface area contributed by atoms with Crippen molar-refractivity contribution in [2.45, 2.75) is 51.4 Å². The van der Waals surface area contributed by atoms with Gasteiger partial charge in [-0.15, -0.1) is 0 Å². The Bertz CT molecular complexity index is 1300. The van der Waals surface area contributed by atoms with E-state index >= 15 is 0 Å². The molecule has 2 saturated heterocycles. The highest BCUT2D eigenvalue weighted by atomic mass is 15.5. The molecule has 4 aromatic rings. The summed E-state index contributed by atoms with van der Waals surface area (Å²) < 4.78 is 1.88. The summed E-state index contributed by atoms with van der Waals surface area (Å²) in [5.41, 5.74) is 3.93. The molecule has 3 aromatic heterocycles. The van der Waals surface area contributed by atoms with Gasteiger partial charge in [0, 0.05) is 55.1 Å². The summed E-state index contributed by atoms with van der Waals surface area (Å²) >= 11 is 0. The molecule has 0 spiro atoms. The fraction of sp³-hybridized carbons (Fsp3) is 0.385. The third-order valence-electron chi connectivity index (χ3n) is 7.17. The minimum absolute atomic E-state index is 0.149. The molecule has 1 N–H and O–H groups in total. The maximum Gasteiger partial charge on any atom is 0.229 e. The van der Waals surface area contributed by atoms with Gasteiger partial charge in [-0.3, -0.25) is 4.90 Å². The predicted octanol–water partition coefficient (Wildman–Crippen LogP) is 4.03. The van der Waals surface area contributed by atoms with Gasteiger partial charge in [-0.1, -0.05) is 30.3 Å². The van der Waals surface area contributed by atoms with E-state index in [1.807, 2.05) is 28.9 Å². The lowest BCUT2D eigenvalue weighted by molar-refractivity contribution is 0.190. The van der Waals surface area contributed by atoms with Crippen LogP contribution in [0.5, 0.6) is 0 Å². The van der Waals surface area contributed by atoms with Crippen LogP contribution >= 0.6 is 0 Å². The number of nitrogens with one attached hydrogen (secondary N) is 1. The van der Waals surface area contributed by atoms with Gasteiger partial charge in [0.05, 0.1) is 5.69 Å². The maximum absolute atomic E-state index is 5.10. The lowest BCUT2D eigenvalue weighted by Gasteiger charge is -2.36. The fourth-order valence-electron chi connectivity index (χ4n) is 5.44. The monoisotopic (exact) mass is 454 g/mol. The molecular weight excluding hydrogens is 424 g/mol. The van der Waals surface area contributed by atoms with Crippen LogP contribution in [0.4, 0.5) is 11.8 Å². The highest BCUT2D eigenvalue weighted by molar-refractivity contribution is 5.68. The highest BCUT2D eigenvalue weighted by Gasteiger charge is 2.45. The number of rotatable bonds is 6. The van der Waals surface area contributed by atoms with Gasteiger partial charge >= 0.3 is 0 Å². The molecule has 0 unspecified atom stereocenters. The van der Waals surface area contributed by atoms with Gasteiger partial charge in [0.1, 0.15) is 12.1 Å². The molecule has 34 heavy (non-hydrogen) atoms. The molecule has 0 aliphatic carbocycles. The number of likely N-dealkylation sites (tertiary alicyclic amines) is 1. The van der Waals surface area contributed by atoms with E-state index < -0.39 is 0 Å². The normalized spacial score (nSPS) is 21.0. The average Bonchev–Trinajstić information content (AvgIpc) is 3.60. The van der Waals surface area contributed by atoms with E-state index in [4.69, 9.17) is 4.98 Å². The summed E-state index contributed by atoms with van der Waals surface area (Å²) in [6, 6.07) is 18.2. The minimum atomic E-state index is 0.149. The molecule has 6 rings (SSSR count). The molecule has 8 heteroatoms. The van der Waals surface area contributed by atoms with Crippen molar-refractivity contribution in [1.29, 1.82) is 0 Å². The largest absolute Gasteiger partial charge is 0.364 e. The van der Waals surface area contributed by atoms with Crippen molar-refractivity contribution in [3.05, 3.63) is 66.6 Å². The number of nitrogens with zero attached hydrogens (tertiary/aromatic N) is 7. The zero-order valence-electron chi connectivity index (χ0n) is 19.8. The third kappa shape index (κ3) is 3.68. The van der Waals surface area contributed by atoms with Gasteiger partial charge in [-0.2, -0.15) is 9.61 Å². The van der Waals surface area contributed by atoms with Crippen LogP contribution in [-0.4, -0.2) is 60.7 Å². The topological polar surface area (TPSA) is 74.5 Å². The highest BCUT2D eigenvalue weighted by Crippen LogP contribution is 2.36. The molecule has 174 valence electrons. The summed E-state index contributed by atoms with van der Waals surface area (Å²) in [6.07, 6.45) is 4.63. The van der Waals surface area contributed by atoms with Crippen LogP contribution in [0, 0.1) is 0 Å². The zero-order chi connectivity index (χ0) is 23.2. The molecule has 2 aliphatic rings. The van der Waals surface area contributed by atoms with Gasteiger partial charge in [0.25, 0.3) is 0 Å². The first-order valence-corrected chi connectivity index (χ1v) is 12.1. The number of fused-ring (bicyclic) bond motifs is 3. The van der Waals surface area contributed by atoms with Crippen LogP contribution in [0.1, 0.15) is 38.8 Å². The van der Waals surface area contributed by atoms with Gasteiger partial charge < -0.3 is 10.2 Å². The van der Waals surface area contributed by atoms with Gasteiger partial charge in [0.2, 0.25) is 5.95 Å². The molecule has 0 radical (unpaired) electrons. The van der Waals surface area contributed by atoms with E-state index in [1.165, 1.54) is 12.0 Å². The second kappa shape index (κ2) is 8.36. The summed E-state index contributed by atoms with van der Waals surface area (Å²) in [7, 11) is 0. The van der Waals surface area contributed by atoms with E-state index in [0.29, 0.717) is 18.1 Å². The van der Waals surface area contributed by atoms with E-state index in [0.717, 1.165) is 41.8 Å². The van der Waals surface area contributed by atoms with Crippen LogP contribution in [0.3, 0.4) is 0 Å². The lowest BCUT2D eigenvalue weighted by Crippen LogP contribution is -2.49. The molecule has 5 heterocycles. The Morgan fingerprint density at radius 3 is 2.59 bits per heavy atom. The second-order valence-corrected chi connectivity index (χ2v) is 9.66. The quantitative estimate of drug-likeness (QED) is 0.471. The Balaban J connectivity index is 1.31. The first-order chi connectivity index (χ1) is 16.6. The summed E-state index contributed by atoms with van der Waals surface area (Å²) in [5.74, 6) is 1.70. The van der Waals surface area contributed by atoms with Crippen LogP contribution in [0.25, 0.3) is 16.9 Å². The number of aromatic nitrogens is 5. The molecular formula is C26H30N8. The van der Waals surface area contributed by atoms with Crippen molar-refractivity contribution in [1.82, 2.24) is 29.5 Å². The van der Waals surface area contributed by atoms with Gasteiger partial charge in [-0.25, -0.2) is 15.0 Å². The van der Waals surface area contributed by atoms with Crippen molar-refractivity contribution in [2.24, 2.45) is 0 Å². The smallest absolute Gasteiger partial charge is 0.229 e. The van der Waals surface area contributed by atoms with Crippen molar-refractivity contribution in [3.63, 3.8) is 0 Å². The number of hydrogen-bond acceptors (Lipinski definition) is 7. The second-order valence-electron chi connectivity index (χ2n) is 9.66. The van der Waals surface area contributed by atoms with Crippen LogP contribution < -0.4 is 10.2 Å². The Labute approximate surface area is 199 Å². The number of anilines is 2. The lowest BCUT2D eigenvalue weighted by atomic mass is 10.1. The third-order valence-corrected chi connectivity index (χ3v) is 7.17. The predicted molar refractivity (Wildman–Crippen MR) is 134 cm³/mol. The van der Waals surface area contributed by atoms with Crippen LogP contribution in [0.2, 0.25) is 0 Å². The molecule has 8 nitrogen and oxygen atoms in total. The molecule has 2 fully saturated rings. The maximum atomic E-state index is 5.10. The molecule has 2 bridgehead atoms. The fourth-order valence-corrected chi connectivity index (χ4v) is 5.44. The number of benzene rings is 1. The zero-order valence-corrected chi connectivity index (χ0v) is 19.8. The molecule has 1 aromatic carbocycles. The summed E-state index contributed by atoms with van der Waals surface area (Å²) in [4.78, 5) is 19.2. The molecule has 3 atom stereocenters.